The SMILES string of the molecule is NCCN.[N-]=[N+]=Nc1ccc(C(=O)NCCN)cc1.[N-]=[N+]=Nc1ccc(C(=O)O)cc1. The van der Waals surface area contributed by atoms with E-state index in [0.29, 0.717) is 43.1 Å². The van der Waals surface area contributed by atoms with Gasteiger partial charge < -0.3 is 27.6 Å². The first-order valence-electron chi connectivity index (χ1n) is 8.85. The molecule has 13 heteroatoms. The van der Waals surface area contributed by atoms with E-state index in [1.807, 2.05) is 0 Å². The van der Waals surface area contributed by atoms with Crippen molar-refractivity contribution in [2.75, 3.05) is 26.2 Å². The van der Waals surface area contributed by atoms with Crippen LogP contribution < -0.4 is 22.5 Å². The summed E-state index contributed by atoms with van der Waals surface area (Å²) in [6.45, 7) is 2.04. The van der Waals surface area contributed by atoms with Crippen LogP contribution in [0.15, 0.2) is 58.8 Å². The predicted molar refractivity (Wildman–Crippen MR) is 117 cm³/mol. The Bertz CT molecular complexity index is 880. The zero-order valence-electron chi connectivity index (χ0n) is 16.6. The van der Waals surface area contributed by atoms with Crippen molar-refractivity contribution in [3.63, 3.8) is 0 Å². The highest BCUT2D eigenvalue weighted by Crippen LogP contribution is 2.13. The van der Waals surface area contributed by atoms with Gasteiger partial charge in [0, 0.05) is 52.9 Å². The zero-order valence-corrected chi connectivity index (χ0v) is 16.6. The third kappa shape index (κ3) is 12.1. The summed E-state index contributed by atoms with van der Waals surface area (Å²) >= 11 is 0. The smallest absolute Gasteiger partial charge is 0.335 e. The van der Waals surface area contributed by atoms with Crippen molar-refractivity contribution >= 4 is 23.3 Å². The predicted octanol–water partition coefficient (Wildman–Crippen LogP) is 2.55. The first-order chi connectivity index (χ1) is 14.9. The molecular formula is C18H24N10O3. The molecule has 0 fully saturated rings. The Morgan fingerprint density at radius 3 is 1.55 bits per heavy atom. The Hall–Kier alpha value is -4.12. The number of hydrogen-bond donors (Lipinski definition) is 5. The quantitative estimate of drug-likeness (QED) is 0.252. The molecule has 0 bridgehead atoms. The molecule has 0 atom stereocenters. The highest BCUT2D eigenvalue weighted by molar-refractivity contribution is 5.94. The van der Waals surface area contributed by atoms with E-state index in [1.165, 1.54) is 24.3 Å². The van der Waals surface area contributed by atoms with Gasteiger partial charge in [0.25, 0.3) is 5.91 Å². The lowest BCUT2D eigenvalue weighted by Gasteiger charge is -2.02. The van der Waals surface area contributed by atoms with Crippen LogP contribution in [0.1, 0.15) is 20.7 Å². The first-order valence-corrected chi connectivity index (χ1v) is 8.85. The van der Waals surface area contributed by atoms with Gasteiger partial charge >= 0.3 is 5.97 Å². The summed E-state index contributed by atoms with van der Waals surface area (Å²) in [4.78, 5) is 27.0. The van der Waals surface area contributed by atoms with E-state index in [-0.39, 0.29) is 11.5 Å². The maximum Gasteiger partial charge on any atom is 0.335 e. The van der Waals surface area contributed by atoms with Crippen LogP contribution in [0.5, 0.6) is 0 Å². The van der Waals surface area contributed by atoms with E-state index < -0.39 is 5.97 Å². The number of nitrogens with zero attached hydrogens (tertiary/aromatic N) is 6. The molecule has 13 nitrogen and oxygen atoms in total. The average molecular weight is 428 g/mol. The van der Waals surface area contributed by atoms with Crippen LogP contribution in [-0.2, 0) is 0 Å². The second-order valence-corrected chi connectivity index (χ2v) is 5.40. The van der Waals surface area contributed by atoms with Crippen molar-refractivity contribution in [2.45, 2.75) is 0 Å². The average Bonchev–Trinajstić information content (AvgIpc) is 2.79. The van der Waals surface area contributed by atoms with Crippen molar-refractivity contribution in [1.29, 1.82) is 0 Å². The maximum atomic E-state index is 11.4. The Balaban J connectivity index is 0.000000504. The van der Waals surface area contributed by atoms with Crippen LogP contribution in [0.4, 0.5) is 11.4 Å². The summed E-state index contributed by atoms with van der Waals surface area (Å²) in [6.07, 6.45) is 0. The Labute approximate surface area is 178 Å². The monoisotopic (exact) mass is 428 g/mol. The fraction of sp³-hybridized carbons (Fsp3) is 0.222. The lowest BCUT2D eigenvalue weighted by atomic mass is 10.2. The molecule has 0 aliphatic heterocycles. The van der Waals surface area contributed by atoms with Gasteiger partial charge in [0.15, 0.2) is 0 Å². The fourth-order valence-corrected chi connectivity index (χ4v) is 1.74. The summed E-state index contributed by atoms with van der Waals surface area (Å²) < 4.78 is 0. The Morgan fingerprint density at radius 2 is 1.23 bits per heavy atom. The number of amides is 1. The van der Waals surface area contributed by atoms with Gasteiger partial charge in [-0.2, -0.15) is 0 Å². The molecule has 0 aliphatic carbocycles. The molecule has 164 valence electrons. The van der Waals surface area contributed by atoms with Crippen LogP contribution >= 0.6 is 0 Å². The minimum absolute atomic E-state index is 0.173. The highest BCUT2D eigenvalue weighted by atomic mass is 16.4. The third-order valence-corrected chi connectivity index (χ3v) is 3.16. The van der Waals surface area contributed by atoms with Gasteiger partial charge in [0.2, 0.25) is 0 Å². The lowest BCUT2D eigenvalue weighted by Crippen LogP contribution is -2.28. The molecule has 8 N–H and O–H groups in total. The number of azide groups is 2. The molecule has 0 saturated carbocycles. The number of aromatic carboxylic acids is 1. The standard InChI is InChI=1S/C9H11N5O.C7H5N3O2.C2H8N2/c10-5-6-12-9(15)7-1-3-8(4-2-7)13-14-11;8-10-9-6-3-1-5(2-4-6)7(11)12;3-1-2-4/h1-4H,5-6,10H2,(H,12,15);1-4H,(H,11,12);1-4H2. The molecule has 31 heavy (non-hydrogen) atoms. The first kappa shape index (κ1) is 26.9. The molecule has 0 unspecified atom stereocenters. The van der Waals surface area contributed by atoms with Crippen LogP contribution in [0.25, 0.3) is 20.9 Å². The van der Waals surface area contributed by atoms with Crippen LogP contribution in [0, 0.1) is 0 Å². The van der Waals surface area contributed by atoms with Gasteiger partial charge in [-0.3, -0.25) is 4.79 Å². The number of rotatable bonds is 7. The van der Waals surface area contributed by atoms with Gasteiger partial charge in [-0.25, -0.2) is 4.79 Å². The Kier molecular flexibility index (Phi) is 14.6. The number of carbonyl (C=O) groups is 2. The molecule has 2 aromatic carbocycles. The van der Waals surface area contributed by atoms with Gasteiger partial charge in [-0.1, -0.05) is 34.5 Å². The molecule has 0 aliphatic rings. The number of carbonyl (C=O) groups excluding carboxylic acids is 1. The second kappa shape index (κ2) is 16.8. The van der Waals surface area contributed by atoms with Gasteiger partial charge in [-0.05, 0) is 35.3 Å². The molecule has 0 saturated heterocycles. The highest BCUT2D eigenvalue weighted by Gasteiger charge is 2.03. The summed E-state index contributed by atoms with van der Waals surface area (Å²) in [6, 6.07) is 12.0. The zero-order chi connectivity index (χ0) is 23.5. The molecule has 1 amide bonds. The van der Waals surface area contributed by atoms with Crippen molar-refractivity contribution in [2.24, 2.45) is 27.4 Å². The van der Waals surface area contributed by atoms with Gasteiger partial charge in [0.05, 0.1) is 5.56 Å². The maximum absolute atomic E-state index is 11.4. The topological polar surface area (TPSA) is 242 Å². The summed E-state index contributed by atoms with van der Waals surface area (Å²) in [5.74, 6) is -1.18. The molecule has 2 rings (SSSR count). The van der Waals surface area contributed by atoms with E-state index in [9.17, 15) is 9.59 Å². The Morgan fingerprint density at radius 1 is 0.806 bits per heavy atom. The number of carboxylic acid groups (broad SMARTS) is 1. The number of nitrogens with two attached hydrogens (primary N) is 3. The van der Waals surface area contributed by atoms with Crippen LogP contribution in [0.3, 0.4) is 0 Å². The third-order valence-electron chi connectivity index (χ3n) is 3.16. The molecular weight excluding hydrogens is 404 g/mol. The number of benzene rings is 2. The number of hydrogen-bond acceptors (Lipinski definition) is 7. The molecule has 0 spiro atoms. The van der Waals surface area contributed by atoms with Crippen molar-refractivity contribution in [3.8, 4) is 0 Å². The minimum atomic E-state index is -0.998. The molecule has 0 aromatic heterocycles. The normalized spacial score (nSPS) is 8.74. The van der Waals surface area contributed by atoms with Crippen molar-refractivity contribution < 1.29 is 14.7 Å². The largest absolute Gasteiger partial charge is 0.478 e. The fourth-order valence-electron chi connectivity index (χ4n) is 1.74. The van der Waals surface area contributed by atoms with Crippen LogP contribution in [0.2, 0.25) is 0 Å². The van der Waals surface area contributed by atoms with E-state index in [1.54, 1.807) is 24.3 Å². The van der Waals surface area contributed by atoms with Gasteiger partial charge in [0.1, 0.15) is 0 Å². The minimum Gasteiger partial charge on any atom is -0.478 e. The summed E-state index contributed by atoms with van der Waals surface area (Å²) in [7, 11) is 0. The van der Waals surface area contributed by atoms with E-state index in [0.717, 1.165) is 0 Å². The van der Waals surface area contributed by atoms with E-state index in [4.69, 9.17) is 33.4 Å². The lowest BCUT2D eigenvalue weighted by molar-refractivity contribution is 0.0696. The number of carboxylic acids is 1. The van der Waals surface area contributed by atoms with Crippen molar-refractivity contribution in [1.82, 2.24) is 5.32 Å². The molecule has 2 aromatic rings. The van der Waals surface area contributed by atoms with Gasteiger partial charge in [-0.15, -0.1) is 0 Å². The summed E-state index contributed by atoms with van der Waals surface area (Å²) in [5, 5.41) is 17.8. The molecule has 0 heterocycles. The van der Waals surface area contributed by atoms with E-state index >= 15 is 0 Å². The number of nitrogens with one attached hydrogen (secondary N) is 1. The van der Waals surface area contributed by atoms with Crippen molar-refractivity contribution in [3.05, 3.63) is 80.5 Å². The van der Waals surface area contributed by atoms with Crippen LogP contribution in [-0.4, -0.2) is 43.2 Å². The molecule has 0 radical (unpaired) electrons. The summed E-state index contributed by atoms with van der Waals surface area (Å²) in [5.41, 5.74) is 32.8. The second-order valence-electron chi connectivity index (χ2n) is 5.40. The van der Waals surface area contributed by atoms with E-state index in [2.05, 4.69) is 25.4 Å².